The smallest absolute Gasteiger partial charge is 0.0465 e. The van der Waals surface area contributed by atoms with Crippen molar-refractivity contribution in [2.75, 3.05) is 9.80 Å². The van der Waals surface area contributed by atoms with E-state index in [0.717, 1.165) is 0 Å². The highest BCUT2D eigenvalue weighted by Gasteiger charge is 2.43. The molecule has 57 heavy (non-hydrogen) atoms. The maximum atomic E-state index is 2.61. The molecule has 6 aromatic rings. The van der Waals surface area contributed by atoms with Crippen LogP contribution >= 0.6 is 0 Å². The number of rotatable bonds is 16. The standard InChI is InChI=1S/C55H60N2/c1-5-7-9-11-33-55(34-12-10-8-6-2)53-37-49(56(45-23-13-39(3)14-24-45)47-27-21-41-17-19-43(41)35-47)29-31-51(53)52-32-30-50(38-54(52)55)57(46-25-15-40(4)16-26-46)48-28-22-42-18-20-44(42)36-48/h13-16,21-32,35-38H,5-12,17-20,33-34H2,1-4H3. The van der Waals surface area contributed by atoms with E-state index < -0.39 is 0 Å². The lowest BCUT2D eigenvalue weighted by molar-refractivity contribution is 0.401. The van der Waals surface area contributed by atoms with Crippen molar-refractivity contribution in [3.63, 3.8) is 0 Å². The average Bonchev–Trinajstić information content (AvgIpc) is 3.47. The largest absolute Gasteiger partial charge is 0.310 e. The third-order valence-corrected chi connectivity index (χ3v) is 13.6. The molecule has 0 amide bonds. The van der Waals surface area contributed by atoms with E-state index in [-0.39, 0.29) is 5.41 Å². The Morgan fingerprint density at radius 3 is 1.12 bits per heavy atom. The van der Waals surface area contributed by atoms with E-state index in [9.17, 15) is 0 Å². The van der Waals surface area contributed by atoms with Gasteiger partial charge in [0.25, 0.3) is 0 Å². The second-order valence-electron chi connectivity index (χ2n) is 17.4. The number of hydrogen-bond acceptors (Lipinski definition) is 2. The minimum absolute atomic E-state index is 0.0586. The molecule has 3 aliphatic rings. The first-order chi connectivity index (χ1) is 28.0. The molecule has 0 heterocycles. The summed E-state index contributed by atoms with van der Waals surface area (Å²) in [5, 5.41) is 0. The molecule has 0 saturated heterocycles. The van der Waals surface area contributed by atoms with Crippen LogP contribution in [-0.4, -0.2) is 0 Å². The predicted molar refractivity (Wildman–Crippen MR) is 244 cm³/mol. The van der Waals surface area contributed by atoms with E-state index in [1.807, 2.05) is 0 Å². The molecule has 0 N–H and O–H groups in total. The minimum Gasteiger partial charge on any atom is -0.310 e. The van der Waals surface area contributed by atoms with Gasteiger partial charge in [0, 0.05) is 39.5 Å². The van der Waals surface area contributed by atoms with Gasteiger partial charge in [-0.2, -0.15) is 0 Å². The fourth-order valence-corrected chi connectivity index (χ4v) is 10.0. The molecule has 0 radical (unpaired) electrons. The lowest BCUT2D eigenvalue weighted by Gasteiger charge is -2.35. The Hall–Kier alpha value is -5.08. The van der Waals surface area contributed by atoms with Crippen molar-refractivity contribution in [2.24, 2.45) is 0 Å². The molecule has 3 aliphatic carbocycles. The molecule has 0 unspecified atom stereocenters. The highest BCUT2D eigenvalue weighted by molar-refractivity contribution is 5.89. The lowest BCUT2D eigenvalue weighted by atomic mass is 9.70. The Kier molecular flexibility index (Phi) is 10.6. The first-order valence-electron chi connectivity index (χ1n) is 22.2. The molecule has 0 bridgehead atoms. The third kappa shape index (κ3) is 7.11. The Morgan fingerprint density at radius 1 is 0.386 bits per heavy atom. The zero-order valence-electron chi connectivity index (χ0n) is 34.8. The van der Waals surface area contributed by atoms with E-state index in [4.69, 9.17) is 0 Å². The molecule has 9 rings (SSSR count). The van der Waals surface area contributed by atoms with Crippen molar-refractivity contribution in [1.82, 2.24) is 0 Å². The molecule has 0 saturated carbocycles. The van der Waals surface area contributed by atoms with E-state index in [2.05, 4.69) is 159 Å². The van der Waals surface area contributed by atoms with Gasteiger partial charge in [0.1, 0.15) is 0 Å². The van der Waals surface area contributed by atoms with Gasteiger partial charge >= 0.3 is 0 Å². The van der Waals surface area contributed by atoms with Gasteiger partial charge in [-0.25, -0.2) is 0 Å². The van der Waals surface area contributed by atoms with Crippen LogP contribution in [0.1, 0.15) is 123 Å². The molecule has 0 fully saturated rings. The summed E-state index contributed by atoms with van der Waals surface area (Å²) in [5.74, 6) is 0. The zero-order valence-corrected chi connectivity index (χ0v) is 34.8. The van der Waals surface area contributed by atoms with Crippen molar-refractivity contribution >= 4 is 34.1 Å². The van der Waals surface area contributed by atoms with Gasteiger partial charge in [0.05, 0.1) is 0 Å². The zero-order chi connectivity index (χ0) is 38.9. The average molecular weight is 749 g/mol. The summed E-state index contributed by atoms with van der Waals surface area (Å²) >= 11 is 0. The number of hydrogen-bond donors (Lipinski definition) is 0. The second-order valence-corrected chi connectivity index (χ2v) is 17.4. The Bertz CT molecular complexity index is 2200. The maximum absolute atomic E-state index is 2.61. The van der Waals surface area contributed by atoms with Crippen molar-refractivity contribution in [3.05, 3.63) is 166 Å². The maximum Gasteiger partial charge on any atom is 0.0465 e. The summed E-state index contributed by atoms with van der Waals surface area (Å²) in [6.45, 7) is 9.06. The van der Waals surface area contributed by atoms with Crippen LogP contribution in [0.25, 0.3) is 11.1 Å². The summed E-state index contributed by atoms with van der Waals surface area (Å²) in [7, 11) is 0. The molecule has 0 atom stereocenters. The van der Waals surface area contributed by atoms with E-state index >= 15 is 0 Å². The van der Waals surface area contributed by atoms with Gasteiger partial charge in [-0.05, 0) is 170 Å². The van der Waals surface area contributed by atoms with Gasteiger partial charge in [0.2, 0.25) is 0 Å². The monoisotopic (exact) mass is 748 g/mol. The molecule has 0 aromatic heterocycles. The Morgan fingerprint density at radius 2 is 0.754 bits per heavy atom. The highest BCUT2D eigenvalue weighted by atomic mass is 15.1. The number of benzene rings is 6. The van der Waals surface area contributed by atoms with Crippen LogP contribution in [0.15, 0.2) is 121 Å². The quantitative estimate of drug-likeness (QED) is 0.0910. The van der Waals surface area contributed by atoms with E-state index in [0.29, 0.717) is 0 Å². The number of fused-ring (bicyclic) bond motifs is 5. The fourth-order valence-electron chi connectivity index (χ4n) is 10.0. The van der Waals surface area contributed by atoms with Gasteiger partial charge in [-0.15, -0.1) is 0 Å². The van der Waals surface area contributed by atoms with Crippen molar-refractivity contribution in [1.29, 1.82) is 0 Å². The highest BCUT2D eigenvalue weighted by Crippen LogP contribution is 2.57. The van der Waals surface area contributed by atoms with E-state index in [1.165, 1.54) is 180 Å². The summed E-state index contributed by atoms with van der Waals surface area (Å²) in [6.07, 6.45) is 17.3. The molecule has 0 spiro atoms. The van der Waals surface area contributed by atoms with Gasteiger partial charge in [-0.1, -0.05) is 125 Å². The minimum atomic E-state index is -0.0586. The summed E-state index contributed by atoms with van der Waals surface area (Å²) < 4.78 is 0. The van der Waals surface area contributed by atoms with Crippen LogP contribution in [0, 0.1) is 13.8 Å². The first-order valence-corrected chi connectivity index (χ1v) is 22.2. The normalized spacial score (nSPS) is 14.2. The predicted octanol–water partition coefficient (Wildman–Crippen LogP) is 15.6. The molecule has 6 aromatic carbocycles. The van der Waals surface area contributed by atoms with E-state index in [1.54, 1.807) is 0 Å². The third-order valence-electron chi connectivity index (χ3n) is 13.6. The number of unbranched alkanes of at least 4 members (excludes halogenated alkanes) is 6. The topological polar surface area (TPSA) is 6.48 Å². The SMILES string of the molecule is CCCCCCC1(CCCCCC)c2cc(N(c3ccc(C)cc3)c3ccc4c(c3)CC4)ccc2-c2ccc(N(c3ccc(C)cc3)c3ccc4c(c3)CC4)cc21. The molecule has 0 aliphatic heterocycles. The fraction of sp³-hybridized carbons (Fsp3) is 0.345. The van der Waals surface area contributed by atoms with Crippen molar-refractivity contribution < 1.29 is 0 Å². The molecular formula is C55H60N2. The Balaban J connectivity index is 1.21. The van der Waals surface area contributed by atoms with Gasteiger partial charge in [0.15, 0.2) is 0 Å². The lowest BCUT2D eigenvalue weighted by Crippen LogP contribution is -2.26. The molecule has 290 valence electrons. The molecule has 2 heteroatoms. The number of nitrogens with zero attached hydrogens (tertiary/aromatic N) is 2. The van der Waals surface area contributed by atoms with Crippen molar-refractivity contribution in [3.8, 4) is 11.1 Å². The summed E-state index contributed by atoms with van der Waals surface area (Å²) in [5.41, 5.74) is 21.9. The van der Waals surface area contributed by atoms with Gasteiger partial charge < -0.3 is 9.80 Å². The van der Waals surface area contributed by atoms with Crippen LogP contribution in [0.4, 0.5) is 34.1 Å². The summed E-state index contributed by atoms with van der Waals surface area (Å²) in [4.78, 5) is 5.05. The van der Waals surface area contributed by atoms with Crippen LogP contribution in [0.3, 0.4) is 0 Å². The number of anilines is 6. The van der Waals surface area contributed by atoms with Crippen molar-refractivity contribution in [2.45, 2.75) is 123 Å². The second kappa shape index (κ2) is 16.0. The molecular weight excluding hydrogens is 689 g/mol. The van der Waals surface area contributed by atoms with Gasteiger partial charge in [-0.3, -0.25) is 0 Å². The van der Waals surface area contributed by atoms with Crippen LogP contribution < -0.4 is 9.80 Å². The number of aryl methyl sites for hydroxylation is 6. The summed E-state index contributed by atoms with van der Waals surface area (Å²) in [6, 6.07) is 47.6. The molecule has 2 nitrogen and oxygen atoms in total. The Labute approximate surface area is 342 Å². The van der Waals surface area contributed by atoms with Crippen LogP contribution in [-0.2, 0) is 31.1 Å². The first kappa shape index (κ1) is 37.5. The van der Waals surface area contributed by atoms with Crippen LogP contribution in [0.5, 0.6) is 0 Å². The van der Waals surface area contributed by atoms with Crippen LogP contribution in [0.2, 0.25) is 0 Å².